The Morgan fingerprint density at radius 3 is 2.48 bits per heavy atom. The van der Waals surface area contributed by atoms with Gasteiger partial charge < -0.3 is 15.0 Å². The highest BCUT2D eigenvalue weighted by Crippen LogP contribution is 2.34. The average molecular weight is 446 g/mol. The lowest BCUT2D eigenvalue weighted by Crippen LogP contribution is -2.46. The minimum Gasteiger partial charge on any atom is -0.379 e. The van der Waals surface area contributed by atoms with Gasteiger partial charge in [0.25, 0.3) is 0 Å². The van der Waals surface area contributed by atoms with Gasteiger partial charge in [0.2, 0.25) is 0 Å². The zero-order valence-corrected chi connectivity index (χ0v) is 18.6. The number of aromatic amines is 1. The molecular weight excluding hydrogens is 417 g/mol. The molecule has 0 atom stereocenters. The highest BCUT2D eigenvalue weighted by atomic mass is 19.1. The van der Waals surface area contributed by atoms with Crippen LogP contribution < -0.4 is 5.32 Å². The van der Waals surface area contributed by atoms with Crippen LogP contribution in [-0.2, 0) is 4.74 Å². The van der Waals surface area contributed by atoms with Gasteiger partial charge >= 0.3 is 0 Å². The van der Waals surface area contributed by atoms with Crippen molar-refractivity contribution in [2.24, 2.45) is 0 Å². The van der Waals surface area contributed by atoms with E-state index in [1.165, 1.54) is 25.0 Å². The summed E-state index contributed by atoms with van der Waals surface area (Å²) in [5.41, 5.74) is 3.89. The van der Waals surface area contributed by atoms with Crippen molar-refractivity contribution in [3.8, 4) is 11.1 Å². The molecule has 1 saturated carbocycles. The van der Waals surface area contributed by atoms with Crippen LogP contribution in [0.25, 0.3) is 33.1 Å². The van der Waals surface area contributed by atoms with Crippen LogP contribution >= 0.6 is 0 Å². The maximum absolute atomic E-state index is 13.4. The lowest BCUT2D eigenvalue weighted by atomic mass is 9.90. The van der Waals surface area contributed by atoms with E-state index in [-0.39, 0.29) is 5.82 Å². The molecule has 3 heterocycles. The van der Waals surface area contributed by atoms with Gasteiger partial charge in [-0.25, -0.2) is 14.4 Å². The number of anilines is 1. The highest BCUT2D eigenvalue weighted by molar-refractivity contribution is 6.12. The third-order valence-corrected chi connectivity index (χ3v) is 7.17. The van der Waals surface area contributed by atoms with Crippen molar-refractivity contribution in [1.82, 2.24) is 19.9 Å². The molecule has 0 amide bonds. The fraction of sp³-hybridized carbons (Fsp3) is 0.385. The Morgan fingerprint density at radius 2 is 1.70 bits per heavy atom. The lowest BCUT2D eigenvalue weighted by molar-refractivity contribution is 0.00791. The summed E-state index contributed by atoms with van der Waals surface area (Å²) in [5.74, 6) is 0.660. The molecule has 7 heteroatoms. The fourth-order valence-electron chi connectivity index (χ4n) is 5.38. The first-order valence-corrected chi connectivity index (χ1v) is 11.9. The molecule has 2 fully saturated rings. The van der Waals surface area contributed by atoms with Gasteiger partial charge in [-0.15, -0.1) is 0 Å². The van der Waals surface area contributed by atoms with Crippen LogP contribution in [0.15, 0.2) is 48.8 Å². The Morgan fingerprint density at radius 1 is 0.939 bits per heavy atom. The SMILES string of the molecule is Fc1ccc(-c2ccc3[nH]c4ncnc(N[C@H]5CC[C@H](N6CCOCC6)CC5)c4c3c2)cc1. The number of ether oxygens (including phenoxy) is 1. The number of benzene rings is 2. The van der Waals surface area contributed by atoms with Crippen LogP contribution in [-0.4, -0.2) is 58.2 Å². The molecule has 0 unspecified atom stereocenters. The minimum absolute atomic E-state index is 0.227. The normalized spacial score (nSPS) is 22.1. The largest absolute Gasteiger partial charge is 0.379 e. The molecule has 0 radical (unpaired) electrons. The third kappa shape index (κ3) is 4.07. The summed E-state index contributed by atoms with van der Waals surface area (Å²) in [6, 6.07) is 14.0. The maximum Gasteiger partial charge on any atom is 0.143 e. The molecule has 2 N–H and O–H groups in total. The second-order valence-corrected chi connectivity index (χ2v) is 9.14. The zero-order valence-electron chi connectivity index (χ0n) is 18.6. The Bertz CT molecular complexity index is 1260. The van der Waals surface area contributed by atoms with Gasteiger partial charge in [0.05, 0.1) is 18.6 Å². The van der Waals surface area contributed by atoms with E-state index in [9.17, 15) is 4.39 Å². The molecule has 6 rings (SSSR count). The monoisotopic (exact) mass is 445 g/mol. The molecule has 2 aromatic heterocycles. The number of aromatic nitrogens is 3. The van der Waals surface area contributed by atoms with Gasteiger partial charge in [-0.2, -0.15) is 0 Å². The van der Waals surface area contributed by atoms with Crippen LogP contribution in [0.5, 0.6) is 0 Å². The standard InChI is InChI=1S/C26H28FN5O/c27-19-4-1-17(2-5-19)18-3-10-23-22(15-18)24-25(28-16-29-26(24)31-23)30-20-6-8-21(9-7-20)32-11-13-33-14-12-32/h1-5,10,15-16,20-21H,6-9,11-14H2,(H2,28,29,30,31)/t20-,21-. The summed E-state index contributed by atoms with van der Waals surface area (Å²) < 4.78 is 18.9. The van der Waals surface area contributed by atoms with E-state index >= 15 is 0 Å². The smallest absolute Gasteiger partial charge is 0.143 e. The highest BCUT2D eigenvalue weighted by Gasteiger charge is 2.27. The number of nitrogens with one attached hydrogen (secondary N) is 2. The van der Waals surface area contributed by atoms with Crippen molar-refractivity contribution in [1.29, 1.82) is 0 Å². The molecular formula is C26H28FN5O. The van der Waals surface area contributed by atoms with Gasteiger partial charge in [0.1, 0.15) is 23.6 Å². The van der Waals surface area contributed by atoms with E-state index in [1.54, 1.807) is 6.33 Å². The van der Waals surface area contributed by atoms with Crippen molar-refractivity contribution in [2.45, 2.75) is 37.8 Å². The number of halogens is 1. The van der Waals surface area contributed by atoms with Gasteiger partial charge in [0.15, 0.2) is 0 Å². The van der Waals surface area contributed by atoms with Crippen molar-refractivity contribution in [2.75, 3.05) is 31.6 Å². The quantitative estimate of drug-likeness (QED) is 0.464. The summed E-state index contributed by atoms with van der Waals surface area (Å²) in [6.45, 7) is 3.83. The van der Waals surface area contributed by atoms with Gasteiger partial charge in [-0.1, -0.05) is 18.2 Å². The van der Waals surface area contributed by atoms with Gasteiger partial charge in [-0.05, 0) is 61.1 Å². The molecule has 2 aliphatic rings. The first kappa shape index (κ1) is 20.6. The molecule has 2 aromatic carbocycles. The summed E-state index contributed by atoms with van der Waals surface area (Å²) in [6.07, 6.45) is 6.30. The number of hydrogen-bond donors (Lipinski definition) is 2. The maximum atomic E-state index is 13.4. The number of H-pyrrole nitrogens is 1. The molecule has 1 saturated heterocycles. The summed E-state index contributed by atoms with van der Waals surface area (Å²) in [7, 11) is 0. The molecule has 0 bridgehead atoms. The van der Waals surface area contributed by atoms with Crippen molar-refractivity contribution in [3.63, 3.8) is 0 Å². The van der Waals surface area contributed by atoms with E-state index in [1.807, 2.05) is 12.1 Å². The Balaban J connectivity index is 1.26. The van der Waals surface area contributed by atoms with E-state index in [2.05, 4.69) is 43.4 Å². The number of fused-ring (bicyclic) bond motifs is 3. The molecule has 4 aromatic rings. The Hall–Kier alpha value is -3.03. The van der Waals surface area contributed by atoms with Crippen molar-refractivity contribution >= 4 is 27.8 Å². The zero-order chi connectivity index (χ0) is 22.2. The van der Waals surface area contributed by atoms with Crippen molar-refractivity contribution < 1.29 is 9.13 Å². The van der Waals surface area contributed by atoms with E-state index in [0.717, 1.165) is 78.0 Å². The molecule has 33 heavy (non-hydrogen) atoms. The van der Waals surface area contributed by atoms with Crippen LogP contribution in [0.3, 0.4) is 0 Å². The number of hydrogen-bond acceptors (Lipinski definition) is 5. The Kier molecular flexibility index (Phi) is 5.44. The fourth-order valence-corrected chi connectivity index (χ4v) is 5.38. The molecule has 6 nitrogen and oxygen atoms in total. The van der Waals surface area contributed by atoms with Crippen molar-refractivity contribution in [3.05, 3.63) is 54.6 Å². The van der Waals surface area contributed by atoms with Crippen LogP contribution in [0.1, 0.15) is 25.7 Å². The second kappa shape index (κ2) is 8.72. The lowest BCUT2D eigenvalue weighted by Gasteiger charge is -2.39. The number of morpholine rings is 1. The Labute approximate surface area is 192 Å². The van der Waals surface area contributed by atoms with E-state index in [4.69, 9.17) is 4.74 Å². The first-order valence-electron chi connectivity index (χ1n) is 11.9. The number of rotatable bonds is 4. The predicted octanol–water partition coefficient (Wildman–Crippen LogP) is 4.97. The predicted molar refractivity (Wildman–Crippen MR) is 129 cm³/mol. The summed E-state index contributed by atoms with van der Waals surface area (Å²) in [5, 5.41) is 5.83. The summed E-state index contributed by atoms with van der Waals surface area (Å²) >= 11 is 0. The van der Waals surface area contributed by atoms with Gasteiger partial charge in [-0.3, -0.25) is 4.90 Å². The minimum atomic E-state index is -0.227. The van der Waals surface area contributed by atoms with Crippen LogP contribution in [0.4, 0.5) is 10.2 Å². The van der Waals surface area contributed by atoms with Crippen LogP contribution in [0.2, 0.25) is 0 Å². The summed E-state index contributed by atoms with van der Waals surface area (Å²) in [4.78, 5) is 15.1. The van der Waals surface area contributed by atoms with E-state index < -0.39 is 0 Å². The van der Waals surface area contributed by atoms with E-state index in [0.29, 0.717) is 12.1 Å². The second-order valence-electron chi connectivity index (χ2n) is 9.14. The average Bonchev–Trinajstić information content (AvgIpc) is 3.24. The number of nitrogens with zero attached hydrogens (tertiary/aromatic N) is 3. The third-order valence-electron chi connectivity index (χ3n) is 7.17. The molecule has 1 aliphatic heterocycles. The molecule has 1 aliphatic carbocycles. The topological polar surface area (TPSA) is 66.1 Å². The van der Waals surface area contributed by atoms with Gasteiger partial charge in [0, 0.05) is 36.1 Å². The van der Waals surface area contributed by atoms with Crippen LogP contribution in [0, 0.1) is 5.82 Å². The molecule has 0 spiro atoms. The molecule has 170 valence electrons. The first-order chi connectivity index (χ1) is 16.2.